The van der Waals surface area contributed by atoms with Gasteiger partial charge in [0.1, 0.15) is 5.82 Å². The number of aromatic nitrogens is 1. The third-order valence-electron chi connectivity index (χ3n) is 2.54. The van der Waals surface area contributed by atoms with Crippen molar-refractivity contribution in [1.29, 1.82) is 0 Å². The van der Waals surface area contributed by atoms with Crippen LogP contribution in [0.25, 0.3) is 0 Å². The second-order valence-electron chi connectivity index (χ2n) is 4.16. The molecule has 7 heteroatoms. The van der Waals surface area contributed by atoms with Gasteiger partial charge in [0.25, 0.3) is 0 Å². The van der Waals surface area contributed by atoms with Gasteiger partial charge in [0.05, 0.1) is 24.0 Å². The van der Waals surface area contributed by atoms with E-state index >= 15 is 0 Å². The maximum absolute atomic E-state index is 11.4. The van der Waals surface area contributed by atoms with Gasteiger partial charge in [-0.3, -0.25) is 4.79 Å². The molecule has 1 aliphatic carbocycles. The monoisotopic (exact) mass is 250 g/mol. The molecule has 5 N–H and O–H groups in total. The molecule has 1 aromatic rings. The number of nitrogen functional groups attached to an aromatic ring is 1. The first-order valence-electron chi connectivity index (χ1n) is 5.58. The highest BCUT2D eigenvalue weighted by molar-refractivity contribution is 5.94. The molecule has 1 aliphatic rings. The van der Waals surface area contributed by atoms with Crippen molar-refractivity contribution in [2.24, 2.45) is 0 Å². The number of carboxylic acid groups (broad SMARTS) is 1. The second-order valence-corrected chi connectivity index (χ2v) is 4.16. The predicted molar refractivity (Wildman–Crippen MR) is 65.3 cm³/mol. The fourth-order valence-electron chi connectivity index (χ4n) is 1.43. The van der Waals surface area contributed by atoms with E-state index in [2.05, 4.69) is 15.6 Å². The highest BCUT2D eigenvalue weighted by Gasteiger charge is 2.22. The maximum atomic E-state index is 11.4. The van der Waals surface area contributed by atoms with Crippen molar-refractivity contribution in [2.75, 3.05) is 17.6 Å². The van der Waals surface area contributed by atoms with E-state index in [-0.39, 0.29) is 23.7 Å². The SMILES string of the molecule is Nc1cnc(NCC(=O)NC2CC2)cc1C(=O)O. The molecule has 1 fully saturated rings. The second kappa shape index (κ2) is 4.91. The van der Waals surface area contributed by atoms with E-state index < -0.39 is 5.97 Å². The van der Waals surface area contributed by atoms with Crippen LogP contribution < -0.4 is 16.4 Å². The quantitative estimate of drug-likeness (QED) is 0.586. The van der Waals surface area contributed by atoms with Gasteiger partial charge in [-0.15, -0.1) is 0 Å². The van der Waals surface area contributed by atoms with Crippen LogP contribution in [0, 0.1) is 0 Å². The fraction of sp³-hybridized carbons (Fsp3) is 0.364. The molecule has 7 nitrogen and oxygen atoms in total. The van der Waals surface area contributed by atoms with Crippen molar-refractivity contribution in [3.05, 3.63) is 17.8 Å². The Morgan fingerprint density at radius 2 is 2.22 bits per heavy atom. The maximum Gasteiger partial charge on any atom is 0.337 e. The summed E-state index contributed by atoms with van der Waals surface area (Å²) in [5.74, 6) is -0.944. The zero-order valence-corrected chi connectivity index (χ0v) is 9.64. The summed E-state index contributed by atoms with van der Waals surface area (Å²) >= 11 is 0. The summed E-state index contributed by atoms with van der Waals surface area (Å²) in [5.41, 5.74) is 5.53. The lowest BCUT2D eigenvalue weighted by molar-refractivity contribution is -0.119. The summed E-state index contributed by atoms with van der Waals surface area (Å²) < 4.78 is 0. The molecular weight excluding hydrogens is 236 g/mol. The third kappa shape index (κ3) is 3.09. The molecule has 1 aromatic heterocycles. The minimum absolute atomic E-state index is 0.0323. The van der Waals surface area contributed by atoms with Crippen LogP contribution in [0.2, 0.25) is 0 Å². The standard InChI is InChI=1S/C11H14N4O3/c12-8-4-13-9(3-7(8)11(17)18)14-5-10(16)15-6-1-2-6/h3-4,6H,1-2,5,12H2,(H,13,14)(H,15,16)(H,17,18). The fourth-order valence-corrected chi connectivity index (χ4v) is 1.43. The van der Waals surface area contributed by atoms with Crippen LogP contribution in [0.3, 0.4) is 0 Å². The van der Waals surface area contributed by atoms with E-state index in [1.54, 1.807) is 0 Å². The molecule has 0 aliphatic heterocycles. The lowest BCUT2D eigenvalue weighted by Gasteiger charge is -2.07. The molecule has 0 unspecified atom stereocenters. The van der Waals surface area contributed by atoms with E-state index in [4.69, 9.17) is 10.8 Å². The van der Waals surface area contributed by atoms with Crippen LogP contribution in [-0.2, 0) is 4.79 Å². The topological polar surface area (TPSA) is 117 Å². The minimum Gasteiger partial charge on any atom is -0.478 e. The number of anilines is 2. The van der Waals surface area contributed by atoms with Crippen molar-refractivity contribution in [1.82, 2.24) is 10.3 Å². The normalized spacial score (nSPS) is 14.0. The van der Waals surface area contributed by atoms with Crippen molar-refractivity contribution in [3.8, 4) is 0 Å². The Labute approximate surface area is 103 Å². The number of carboxylic acids is 1. The van der Waals surface area contributed by atoms with E-state index in [0.717, 1.165) is 12.8 Å². The Hall–Kier alpha value is -2.31. The number of hydrogen-bond acceptors (Lipinski definition) is 5. The first-order valence-corrected chi connectivity index (χ1v) is 5.58. The minimum atomic E-state index is -1.12. The smallest absolute Gasteiger partial charge is 0.337 e. The summed E-state index contributed by atoms with van der Waals surface area (Å²) in [5, 5.41) is 14.4. The number of rotatable bonds is 5. The molecule has 0 atom stereocenters. The molecule has 1 saturated carbocycles. The van der Waals surface area contributed by atoms with Crippen LogP contribution in [0.4, 0.5) is 11.5 Å². The van der Waals surface area contributed by atoms with Crippen LogP contribution >= 0.6 is 0 Å². The Morgan fingerprint density at radius 1 is 1.50 bits per heavy atom. The van der Waals surface area contributed by atoms with Crippen molar-refractivity contribution in [2.45, 2.75) is 18.9 Å². The third-order valence-corrected chi connectivity index (χ3v) is 2.54. The Bertz CT molecular complexity index is 485. The Morgan fingerprint density at radius 3 is 2.83 bits per heavy atom. The number of hydrogen-bond donors (Lipinski definition) is 4. The number of amides is 1. The van der Waals surface area contributed by atoms with Gasteiger partial charge in [-0.05, 0) is 18.9 Å². The van der Waals surface area contributed by atoms with Gasteiger partial charge in [0, 0.05) is 6.04 Å². The Kier molecular flexibility index (Phi) is 3.31. The number of nitrogens with two attached hydrogens (primary N) is 1. The number of pyridine rings is 1. The van der Waals surface area contributed by atoms with Gasteiger partial charge < -0.3 is 21.5 Å². The van der Waals surface area contributed by atoms with Gasteiger partial charge in [0.2, 0.25) is 5.91 Å². The van der Waals surface area contributed by atoms with E-state index in [1.807, 2.05) is 0 Å². The number of aromatic carboxylic acids is 1. The average Bonchev–Trinajstić information content (AvgIpc) is 3.11. The lowest BCUT2D eigenvalue weighted by atomic mass is 10.2. The molecule has 0 bridgehead atoms. The zero-order valence-electron chi connectivity index (χ0n) is 9.64. The highest BCUT2D eigenvalue weighted by atomic mass is 16.4. The molecule has 18 heavy (non-hydrogen) atoms. The molecule has 2 rings (SSSR count). The highest BCUT2D eigenvalue weighted by Crippen LogP contribution is 2.18. The number of carbonyl (C=O) groups excluding carboxylic acids is 1. The van der Waals surface area contributed by atoms with Gasteiger partial charge >= 0.3 is 5.97 Å². The van der Waals surface area contributed by atoms with E-state index in [0.29, 0.717) is 11.9 Å². The van der Waals surface area contributed by atoms with E-state index in [9.17, 15) is 9.59 Å². The number of carbonyl (C=O) groups is 2. The van der Waals surface area contributed by atoms with Crippen LogP contribution in [-0.4, -0.2) is 34.6 Å². The molecule has 0 spiro atoms. The molecule has 0 saturated heterocycles. The molecule has 1 heterocycles. The predicted octanol–water partition coefficient (Wildman–Crippen LogP) is 0.0525. The largest absolute Gasteiger partial charge is 0.478 e. The summed E-state index contributed by atoms with van der Waals surface area (Å²) in [6, 6.07) is 1.61. The first-order chi connectivity index (χ1) is 8.56. The van der Waals surface area contributed by atoms with Crippen LogP contribution in [0.1, 0.15) is 23.2 Å². The van der Waals surface area contributed by atoms with Crippen molar-refractivity contribution < 1.29 is 14.7 Å². The Balaban J connectivity index is 1.94. The van der Waals surface area contributed by atoms with Crippen molar-refractivity contribution >= 4 is 23.4 Å². The summed E-state index contributed by atoms with van der Waals surface area (Å²) in [6.07, 6.45) is 3.30. The first kappa shape index (κ1) is 12.2. The zero-order chi connectivity index (χ0) is 13.1. The summed E-state index contributed by atoms with van der Waals surface area (Å²) in [7, 11) is 0. The van der Waals surface area contributed by atoms with E-state index in [1.165, 1.54) is 12.3 Å². The summed E-state index contributed by atoms with van der Waals surface area (Å²) in [4.78, 5) is 26.2. The summed E-state index contributed by atoms with van der Waals surface area (Å²) in [6.45, 7) is 0.0620. The van der Waals surface area contributed by atoms with Crippen LogP contribution in [0.5, 0.6) is 0 Å². The van der Waals surface area contributed by atoms with Gasteiger partial charge in [-0.1, -0.05) is 0 Å². The van der Waals surface area contributed by atoms with Gasteiger partial charge in [0.15, 0.2) is 0 Å². The lowest BCUT2D eigenvalue weighted by Crippen LogP contribution is -2.31. The molecule has 96 valence electrons. The van der Waals surface area contributed by atoms with Crippen molar-refractivity contribution in [3.63, 3.8) is 0 Å². The number of nitrogens with zero attached hydrogens (tertiary/aromatic N) is 1. The van der Waals surface area contributed by atoms with Gasteiger partial charge in [-0.25, -0.2) is 9.78 Å². The molecule has 0 radical (unpaired) electrons. The molecular formula is C11H14N4O3. The number of nitrogens with one attached hydrogen (secondary N) is 2. The molecule has 0 aromatic carbocycles. The van der Waals surface area contributed by atoms with Crippen LogP contribution in [0.15, 0.2) is 12.3 Å². The average molecular weight is 250 g/mol. The molecule has 1 amide bonds. The van der Waals surface area contributed by atoms with Gasteiger partial charge in [-0.2, -0.15) is 0 Å².